The molecule has 3 atom stereocenters. The molecule has 2 N–H and O–H groups in total. The molecule has 5 fully saturated rings. The number of carbonyl (C=O) groups is 2. The Morgan fingerprint density at radius 1 is 1.18 bits per heavy atom. The maximum Gasteiger partial charge on any atom is 0.248 e. The summed E-state index contributed by atoms with van der Waals surface area (Å²) in [6, 6.07) is 0.107. The highest BCUT2D eigenvalue weighted by atomic mass is 16.5. The fraction of sp³-hybridized carbons (Fsp3) is 0.909. The van der Waals surface area contributed by atoms with Gasteiger partial charge in [0, 0.05) is 31.7 Å². The predicted molar refractivity (Wildman–Crippen MR) is 105 cm³/mol. The molecular formula is C22H36N2O4. The lowest BCUT2D eigenvalue weighted by atomic mass is 9.46. The minimum Gasteiger partial charge on any atom is -0.390 e. The first-order valence-corrected chi connectivity index (χ1v) is 11.2. The Kier molecular flexibility index (Phi) is 5.47. The molecule has 0 aromatic heterocycles. The van der Waals surface area contributed by atoms with Crippen molar-refractivity contribution in [1.29, 1.82) is 0 Å². The highest BCUT2D eigenvalue weighted by molar-refractivity contribution is 5.80. The summed E-state index contributed by atoms with van der Waals surface area (Å²) in [6.07, 6.45) is 7.77. The first kappa shape index (κ1) is 20.1. The standard InChI is InChI=1S/C22H36N2O4/c1-3-28-13-19(25)24-6-4-18(5-7-24)20(26)23-15(2)21-9-16-8-17(10-21)12-22(27,11-16)14-21/h15-18,27H,3-14H2,1-2H3,(H,23,26)/t15-,16+,17+,21?,22?/m0/s1. The second-order valence-electron chi connectivity index (χ2n) is 10.1. The van der Waals surface area contributed by atoms with Crippen molar-refractivity contribution >= 4 is 11.8 Å². The number of carbonyl (C=O) groups excluding carboxylic acids is 2. The van der Waals surface area contributed by atoms with Gasteiger partial charge in [-0.2, -0.15) is 0 Å². The van der Waals surface area contributed by atoms with E-state index in [-0.39, 0.29) is 35.8 Å². The third-order valence-corrected chi connectivity index (χ3v) is 8.00. The summed E-state index contributed by atoms with van der Waals surface area (Å²) in [6.45, 7) is 5.97. The maximum atomic E-state index is 12.9. The first-order valence-electron chi connectivity index (χ1n) is 11.2. The van der Waals surface area contributed by atoms with E-state index in [1.165, 1.54) is 6.42 Å². The quantitative estimate of drug-likeness (QED) is 0.726. The minimum atomic E-state index is -0.491. The number of hydrogen-bond donors (Lipinski definition) is 2. The molecule has 6 nitrogen and oxygen atoms in total. The molecule has 0 aromatic rings. The average Bonchev–Trinajstić information content (AvgIpc) is 2.64. The van der Waals surface area contributed by atoms with Crippen molar-refractivity contribution in [2.24, 2.45) is 23.2 Å². The number of aliphatic hydroxyl groups is 1. The largest absolute Gasteiger partial charge is 0.390 e. The lowest BCUT2D eigenvalue weighted by Gasteiger charge is -2.62. The van der Waals surface area contributed by atoms with Crippen LogP contribution in [0.15, 0.2) is 0 Å². The Morgan fingerprint density at radius 3 is 2.39 bits per heavy atom. The van der Waals surface area contributed by atoms with E-state index >= 15 is 0 Å². The first-order chi connectivity index (χ1) is 13.3. The molecule has 28 heavy (non-hydrogen) atoms. The summed E-state index contributed by atoms with van der Waals surface area (Å²) in [5.74, 6) is 1.40. The Hall–Kier alpha value is -1.14. The summed E-state index contributed by atoms with van der Waals surface area (Å²) < 4.78 is 5.21. The van der Waals surface area contributed by atoms with Crippen LogP contribution in [0, 0.1) is 23.2 Å². The van der Waals surface area contributed by atoms with Gasteiger partial charge in [0.1, 0.15) is 6.61 Å². The van der Waals surface area contributed by atoms with Crippen LogP contribution >= 0.6 is 0 Å². The monoisotopic (exact) mass is 392 g/mol. The van der Waals surface area contributed by atoms with Crippen molar-refractivity contribution in [3.63, 3.8) is 0 Å². The van der Waals surface area contributed by atoms with Gasteiger partial charge in [-0.25, -0.2) is 0 Å². The third-order valence-electron chi connectivity index (χ3n) is 8.00. The summed E-state index contributed by atoms with van der Waals surface area (Å²) >= 11 is 0. The van der Waals surface area contributed by atoms with E-state index in [1.54, 1.807) is 0 Å². The fourth-order valence-corrected chi connectivity index (χ4v) is 6.95. The molecule has 1 heterocycles. The summed E-state index contributed by atoms with van der Waals surface area (Å²) in [5.41, 5.74) is -0.419. The molecule has 2 amide bonds. The van der Waals surface area contributed by atoms with Crippen LogP contribution in [-0.2, 0) is 14.3 Å². The average molecular weight is 393 g/mol. The molecule has 158 valence electrons. The Labute approximate surface area is 168 Å². The van der Waals surface area contributed by atoms with Gasteiger partial charge >= 0.3 is 0 Å². The molecule has 6 heteroatoms. The maximum absolute atomic E-state index is 12.9. The molecule has 0 spiro atoms. The zero-order chi connectivity index (χ0) is 19.9. The number of rotatable bonds is 6. The molecule has 0 aromatic carbocycles. The van der Waals surface area contributed by atoms with E-state index in [4.69, 9.17) is 4.74 Å². The SMILES string of the molecule is CCOCC(=O)N1CCC(C(=O)N[C@@H](C)C23C[C@H]4C[C@@H](CC(O)(C4)C2)C3)CC1. The van der Waals surface area contributed by atoms with Crippen molar-refractivity contribution in [3.8, 4) is 0 Å². The van der Waals surface area contributed by atoms with Crippen LogP contribution in [0.1, 0.15) is 65.2 Å². The van der Waals surface area contributed by atoms with E-state index in [0.717, 1.165) is 44.9 Å². The number of nitrogens with one attached hydrogen (secondary N) is 1. The lowest BCUT2D eigenvalue weighted by Crippen LogP contribution is -2.62. The normalized spacial score (nSPS) is 38.5. The second kappa shape index (κ2) is 7.60. The van der Waals surface area contributed by atoms with Gasteiger partial charge in [-0.3, -0.25) is 9.59 Å². The number of hydrogen-bond acceptors (Lipinski definition) is 4. The number of amides is 2. The molecule has 5 aliphatic rings. The van der Waals surface area contributed by atoms with Crippen molar-refractivity contribution in [3.05, 3.63) is 0 Å². The van der Waals surface area contributed by atoms with Gasteiger partial charge in [-0.05, 0) is 82.5 Å². The van der Waals surface area contributed by atoms with Crippen LogP contribution in [0.5, 0.6) is 0 Å². The van der Waals surface area contributed by atoms with E-state index in [9.17, 15) is 14.7 Å². The van der Waals surface area contributed by atoms with Gasteiger partial charge in [-0.1, -0.05) is 0 Å². The van der Waals surface area contributed by atoms with E-state index < -0.39 is 5.60 Å². The molecule has 5 rings (SSSR count). The Bertz CT molecular complexity index is 600. The Morgan fingerprint density at radius 2 is 1.82 bits per heavy atom. The van der Waals surface area contributed by atoms with Crippen LogP contribution in [0.4, 0.5) is 0 Å². The van der Waals surface area contributed by atoms with Gasteiger partial charge in [0.2, 0.25) is 11.8 Å². The van der Waals surface area contributed by atoms with Crippen LogP contribution < -0.4 is 5.32 Å². The van der Waals surface area contributed by atoms with Crippen LogP contribution in [-0.4, -0.2) is 59.8 Å². The van der Waals surface area contributed by atoms with Gasteiger partial charge < -0.3 is 20.1 Å². The molecule has 4 aliphatic carbocycles. The molecule has 4 saturated carbocycles. The van der Waals surface area contributed by atoms with Gasteiger partial charge in [0.05, 0.1) is 5.60 Å². The summed E-state index contributed by atoms with van der Waals surface area (Å²) in [5, 5.41) is 14.3. The van der Waals surface area contributed by atoms with Gasteiger partial charge in [0.15, 0.2) is 0 Å². The predicted octanol–water partition coefficient (Wildman–Crippen LogP) is 2.10. The highest BCUT2D eigenvalue weighted by Gasteiger charge is 2.59. The van der Waals surface area contributed by atoms with E-state index in [1.807, 2.05) is 11.8 Å². The van der Waals surface area contributed by atoms with E-state index in [0.29, 0.717) is 31.5 Å². The topological polar surface area (TPSA) is 78.9 Å². The van der Waals surface area contributed by atoms with Crippen LogP contribution in [0.3, 0.4) is 0 Å². The van der Waals surface area contributed by atoms with Crippen molar-refractivity contribution in [2.75, 3.05) is 26.3 Å². The fourth-order valence-electron chi connectivity index (χ4n) is 6.95. The molecule has 0 radical (unpaired) electrons. The van der Waals surface area contributed by atoms with Gasteiger partial charge in [-0.15, -0.1) is 0 Å². The zero-order valence-electron chi connectivity index (χ0n) is 17.4. The lowest BCUT2D eigenvalue weighted by molar-refractivity contribution is -0.173. The Balaban J connectivity index is 1.30. The van der Waals surface area contributed by atoms with E-state index in [2.05, 4.69) is 12.2 Å². The number of piperidine rings is 1. The molecule has 4 bridgehead atoms. The molecule has 1 aliphatic heterocycles. The van der Waals surface area contributed by atoms with Crippen molar-refractivity contribution < 1.29 is 19.4 Å². The molecule has 0 unspecified atom stereocenters. The number of nitrogens with zero attached hydrogens (tertiary/aromatic N) is 1. The van der Waals surface area contributed by atoms with Crippen LogP contribution in [0.2, 0.25) is 0 Å². The number of likely N-dealkylation sites (tertiary alicyclic amines) is 1. The molecular weight excluding hydrogens is 356 g/mol. The van der Waals surface area contributed by atoms with Crippen molar-refractivity contribution in [2.45, 2.75) is 76.9 Å². The van der Waals surface area contributed by atoms with Crippen LogP contribution in [0.25, 0.3) is 0 Å². The third kappa shape index (κ3) is 3.82. The smallest absolute Gasteiger partial charge is 0.248 e. The summed E-state index contributed by atoms with van der Waals surface area (Å²) in [4.78, 5) is 26.8. The highest BCUT2D eigenvalue weighted by Crippen LogP contribution is 2.62. The summed E-state index contributed by atoms with van der Waals surface area (Å²) in [7, 11) is 0. The zero-order valence-corrected chi connectivity index (χ0v) is 17.4. The van der Waals surface area contributed by atoms with Crippen molar-refractivity contribution in [1.82, 2.24) is 10.2 Å². The van der Waals surface area contributed by atoms with Gasteiger partial charge in [0.25, 0.3) is 0 Å². The molecule has 1 saturated heterocycles. The minimum absolute atomic E-state index is 0.0180. The second-order valence-corrected chi connectivity index (χ2v) is 10.1. The number of ether oxygens (including phenoxy) is 1.